The number of imidazole rings is 1. The molecular formula is C15H14N6O2. The van der Waals surface area contributed by atoms with Gasteiger partial charge in [-0.25, -0.2) is 15.0 Å². The van der Waals surface area contributed by atoms with Crippen molar-refractivity contribution in [1.29, 1.82) is 0 Å². The number of hydrogen-bond donors (Lipinski definition) is 1. The highest BCUT2D eigenvalue weighted by Crippen LogP contribution is 2.27. The van der Waals surface area contributed by atoms with Gasteiger partial charge in [-0.1, -0.05) is 12.1 Å². The maximum Gasteiger partial charge on any atom is 0.269 e. The summed E-state index contributed by atoms with van der Waals surface area (Å²) in [7, 11) is 0. The van der Waals surface area contributed by atoms with Crippen molar-refractivity contribution in [3.8, 4) is 0 Å². The van der Waals surface area contributed by atoms with Gasteiger partial charge in [0.05, 0.1) is 17.8 Å². The van der Waals surface area contributed by atoms with Gasteiger partial charge in [-0.15, -0.1) is 0 Å². The fraction of sp³-hybridized carbons (Fsp3) is 0.267. The minimum atomic E-state index is -0.394. The fourth-order valence-electron chi connectivity index (χ4n) is 2.49. The van der Waals surface area contributed by atoms with Crippen molar-refractivity contribution < 1.29 is 4.92 Å². The number of rotatable bonds is 5. The smallest absolute Gasteiger partial charge is 0.269 e. The summed E-state index contributed by atoms with van der Waals surface area (Å²) in [6.45, 7) is 0.470. The first-order valence-corrected chi connectivity index (χ1v) is 7.36. The molecule has 0 aliphatic heterocycles. The quantitative estimate of drug-likeness (QED) is 0.573. The second-order valence-corrected chi connectivity index (χ2v) is 5.61. The van der Waals surface area contributed by atoms with Crippen LogP contribution in [0.3, 0.4) is 0 Å². The van der Waals surface area contributed by atoms with E-state index >= 15 is 0 Å². The molecule has 1 aromatic carbocycles. The van der Waals surface area contributed by atoms with E-state index in [1.54, 1.807) is 18.5 Å². The second kappa shape index (κ2) is 5.31. The number of non-ortho nitro benzene ring substituents is 1. The fourth-order valence-corrected chi connectivity index (χ4v) is 2.49. The Bertz CT molecular complexity index is 887. The SMILES string of the molecule is O=[N+]([O-])c1cccc(Cn2cnc3c(NC4CC4)ncnc32)c1. The van der Waals surface area contributed by atoms with Gasteiger partial charge in [-0.05, 0) is 18.4 Å². The molecule has 0 amide bonds. The highest BCUT2D eigenvalue weighted by Gasteiger charge is 2.23. The van der Waals surface area contributed by atoms with Crippen LogP contribution < -0.4 is 5.32 Å². The van der Waals surface area contributed by atoms with E-state index in [1.165, 1.54) is 12.4 Å². The lowest BCUT2D eigenvalue weighted by Crippen LogP contribution is -2.05. The molecule has 8 nitrogen and oxygen atoms in total. The summed E-state index contributed by atoms with van der Waals surface area (Å²) < 4.78 is 1.87. The Morgan fingerprint density at radius 1 is 1.30 bits per heavy atom. The zero-order valence-corrected chi connectivity index (χ0v) is 12.2. The van der Waals surface area contributed by atoms with E-state index in [9.17, 15) is 10.1 Å². The Balaban J connectivity index is 1.66. The minimum absolute atomic E-state index is 0.0811. The molecule has 1 aliphatic carbocycles. The predicted molar refractivity (Wildman–Crippen MR) is 84.2 cm³/mol. The largest absolute Gasteiger partial charge is 0.365 e. The highest BCUT2D eigenvalue weighted by atomic mass is 16.6. The molecule has 0 saturated heterocycles. The number of aromatic nitrogens is 4. The Hall–Kier alpha value is -3.03. The third-order valence-corrected chi connectivity index (χ3v) is 3.79. The van der Waals surface area contributed by atoms with Gasteiger partial charge in [-0.2, -0.15) is 0 Å². The lowest BCUT2D eigenvalue weighted by Gasteiger charge is -2.06. The lowest BCUT2D eigenvalue weighted by molar-refractivity contribution is -0.384. The van der Waals surface area contributed by atoms with Crippen molar-refractivity contribution in [1.82, 2.24) is 19.5 Å². The van der Waals surface area contributed by atoms with Crippen LogP contribution >= 0.6 is 0 Å². The predicted octanol–water partition coefficient (Wildman–Crippen LogP) is 2.36. The molecule has 4 rings (SSSR count). The molecule has 1 aliphatic rings. The number of fused-ring (bicyclic) bond motifs is 1. The van der Waals surface area contributed by atoms with Crippen LogP contribution in [0, 0.1) is 10.1 Å². The van der Waals surface area contributed by atoms with E-state index in [4.69, 9.17) is 0 Å². The molecule has 0 spiro atoms. The molecule has 1 N–H and O–H groups in total. The van der Waals surface area contributed by atoms with Crippen LogP contribution in [-0.2, 0) is 6.54 Å². The first-order valence-electron chi connectivity index (χ1n) is 7.36. The Kier molecular flexibility index (Phi) is 3.14. The number of nitrogens with zero attached hydrogens (tertiary/aromatic N) is 5. The van der Waals surface area contributed by atoms with E-state index in [0.717, 1.165) is 35.4 Å². The number of nitro groups is 1. The maximum atomic E-state index is 10.9. The van der Waals surface area contributed by atoms with Crippen molar-refractivity contribution >= 4 is 22.7 Å². The van der Waals surface area contributed by atoms with Crippen molar-refractivity contribution in [2.24, 2.45) is 0 Å². The number of benzene rings is 1. The molecular weight excluding hydrogens is 296 g/mol. The van der Waals surface area contributed by atoms with Crippen molar-refractivity contribution in [2.75, 3.05) is 5.32 Å². The van der Waals surface area contributed by atoms with E-state index in [2.05, 4.69) is 20.3 Å². The van der Waals surface area contributed by atoms with E-state index in [-0.39, 0.29) is 5.69 Å². The van der Waals surface area contributed by atoms with Gasteiger partial charge in [0, 0.05) is 18.2 Å². The molecule has 2 aromatic heterocycles. The van der Waals surface area contributed by atoms with E-state index in [0.29, 0.717) is 12.6 Å². The summed E-state index contributed by atoms with van der Waals surface area (Å²) in [4.78, 5) is 23.4. The number of anilines is 1. The van der Waals surface area contributed by atoms with Gasteiger partial charge in [0.15, 0.2) is 11.5 Å². The number of hydrogen-bond acceptors (Lipinski definition) is 6. The van der Waals surface area contributed by atoms with E-state index < -0.39 is 4.92 Å². The van der Waals surface area contributed by atoms with Crippen LogP contribution in [0.15, 0.2) is 36.9 Å². The second-order valence-electron chi connectivity index (χ2n) is 5.61. The summed E-state index contributed by atoms with van der Waals surface area (Å²) in [5.74, 6) is 0.746. The summed E-state index contributed by atoms with van der Waals surface area (Å²) in [5.41, 5.74) is 2.35. The molecule has 0 atom stereocenters. The summed E-state index contributed by atoms with van der Waals surface area (Å²) >= 11 is 0. The van der Waals surface area contributed by atoms with Crippen molar-refractivity contribution in [3.05, 3.63) is 52.6 Å². The van der Waals surface area contributed by atoms with Gasteiger partial charge in [-0.3, -0.25) is 10.1 Å². The average Bonchev–Trinajstić information content (AvgIpc) is 3.28. The summed E-state index contributed by atoms with van der Waals surface area (Å²) in [6, 6.07) is 7.06. The van der Waals surface area contributed by atoms with Gasteiger partial charge in [0.1, 0.15) is 11.8 Å². The summed E-state index contributed by atoms with van der Waals surface area (Å²) in [6.07, 6.45) is 5.51. The zero-order valence-electron chi connectivity index (χ0n) is 12.2. The molecule has 8 heteroatoms. The van der Waals surface area contributed by atoms with Crippen LogP contribution in [-0.4, -0.2) is 30.5 Å². The Morgan fingerprint density at radius 3 is 2.96 bits per heavy atom. The lowest BCUT2D eigenvalue weighted by atomic mass is 10.2. The molecule has 3 aromatic rings. The van der Waals surface area contributed by atoms with Crippen molar-refractivity contribution in [2.45, 2.75) is 25.4 Å². The average molecular weight is 310 g/mol. The first-order chi connectivity index (χ1) is 11.2. The Morgan fingerprint density at radius 2 is 2.17 bits per heavy atom. The maximum absolute atomic E-state index is 10.9. The van der Waals surface area contributed by atoms with Gasteiger partial charge in [0.25, 0.3) is 5.69 Å². The van der Waals surface area contributed by atoms with Crippen molar-refractivity contribution in [3.63, 3.8) is 0 Å². The molecule has 0 radical (unpaired) electrons. The molecule has 2 heterocycles. The number of nitro benzene ring substituents is 1. The zero-order chi connectivity index (χ0) is 15.8. The van der Waals surface area contributed by atoms with Crippen LogP contribution in [0.4, 0.5) is 11.5 Å². The highest BCUT2D eigenvalue weighted by molar-refractivity contribution is 5.82. The summed E-state index contributed by atoms with van der Waals surface area (Å²) in [5, 5.41) is 14.2. The third kappa shape index (κ3) is 2.70. The van der Waals surface area contributed by atoms with Crippen LogP contribution in [0.2, 0.25) is 0 Å². The normalized spacial score (nSPS) is 14.1. The van der Waals surface area contributed by atoms with Crippen LogP contribution in [0.25, 0.3) is 11.2 Å². The first kappa shape index (κ1) is 13.6. The standard InChI is InChI=1S/C15H14N6O2/c22-21(23)12-3-1-2-10(6-12)7-20-9-18-13-14(19-11-4-5-11)16-8-17-15(13)20/h1-3,6,8-9,11H,4-5,7H2,(H,16,17,19). The van der Waals surface area contributed by atoms with Crippen LogP contribution in [0.5, 0.6) is 0 Å². The van der Waals surface area contributed by atoms with Gasteiger partial charge < -0.3 is 9.88 Å². The molecule has 116 valence electrons. The Labute approximate surface area is 131 Å². The van der Waals surface area contributed by atoms with E-state index in [1.807, 2.05) is 10.6 Å². The van der Waals surface area contributed by atoms with Crippen LogP contribution in [0.1, 0.15) is 18.4 Å². The van der Waals surface area contributed by atoms with Gasteiger partial charge >= 0.3 is 0 Å². The molecule has 1 fully saturated rings. The molecule has 1 saturated carbocycles. The number of nitrogens with one attached hydrogen (secondary N) is 1. The van der Waals surface area contributed by atoms with Gasteiger partial charge in [0.2, 0.25) is 0 Å². The third-order valence-electron chi connectivity index (χ3n) is 3.79. The molecule has 0 unspecified atom stereocenters. The topological polar surface area (TPSA) is 98.8 Å². The monoisotopic (exact) mass is 310 g/mol. The molecule has 0 bridgehead atoms. The molecule has 23 heavy (non-hydrogen) atoms. The minimum Gasteiger partial charge on any atom is -0.365 e.